The Morgan fingerprint density at radius 1 is 1.29 bits per heavy atom. The number of aromatic carboxylic acids is 1. The van der Waals surface area contributed by atoms with Gasteiger partial charge in [-0.1, -0.05) is 6.07 Å². The molecule has 2 aromatic rings. The number of rotatable bonds is 4. The van der Waals surface area contributed by atoms with Crippen LogP contribution in [0.2, 0.25) is 0 Å². The van der Waals surface area contributed by atoms with Gasteiger partial charge in [-0.3, -0.25) is 0 Å². The molecule has 108 valence electrons. The van der Waals surface area contributed by atoms with Gasteiger partial charge in [0.25, 0.3) is 0 Å². The normalized spacial score (nSPS) is 17.7. The fraction of sp³-hybridized carbons (Fsp3) is 0.286. The fourth-order valence-electron chi connectivity index (χ4n) is 2.35. The summed E-state index contributed by atoms with van der Waals surface area (Å²) in [5.41, 5.74) is -0.0536. The molecule has 0 bridgehead atoms. The van der Waals surface area contributed by atoms with Crippen LogP contribution in [0.4, 0.5) is 11.6 Å². The Morgan fingerprint density at radius 2 is 2.19 bits per heavy atom. The number of nitrogens with one attached hydrogen (secondary N) is 1. The quantitative estimate of drug-likeness (QED) is 0.873. The van der Waals surface area contributed by atoms with Crippen LogP contribution in [0.1, 0.15) is 16.9 Å². The molecule has 1 unspecified atom stereocenters. The second-order valence-corrected chi connectivity index (χ2v) is 4.86. The van der Waals surface area contributed by atoms with Gasteiger partial charge in [0.2, 0.25) is 0 Å². The number of carboxylic acid groups (broad SMARTS) is 1. The van der Waals surface area contributed by atoms with E-state index in [0.717, 1.165) is 25.3 Å². The fourth-order valence-corrected chi connectivity index (χ4v) is 2.35. The number of anilines is 2. The van der Waals surface area contributed by atoms with Crippen LogP contribution in [-0.4, -0.2) is 45.2 Å². The van der Waals surface area contributed by atoms with Crippen LogP contribution in [0.5, 0.6) is 0 Å². The Hall–Kier alpha value is -2.70. The van der Waals surface area contributed by atoms with Crippen molar-refractivity contribution in [1.29, 1.82) is 0 Å². The lowest BCUT2D eigenvalue weighted by Crippen LogP contribution is -2.26. The van der Waals surface area contributed by atoms with Crippen LogP contribution in [0.25, 0.3) is 0 Å². The molecule has 21 heavy (non-hydrogen) atoms. The van der Waals surface area contributed by atoms with Crippen LogP contribution in [0, 0.1) is 0 Å². The summed E-state index contributed by atoms with van der Waals surface area (Å²) in [6.45, 7) is 1.76. The zero-order chi connectivity index (χ0) is 14.7. The van der Waals surface area contributed by atoms with Crippen LogP contribution < -0.4 is 10.2 Å². The lowest BCUT2D eigenvalue weighted by molar-refractivity contribution is 0.0690. The highest BCUT2D eigenvalue weighted by Gasteiger charge is 2.23. The molecule has 3 rings (SSSR count). The SMILES string of the molecule is O=C(O)c1cnc(NC2CCN(c3ccccn3)C2)cn1. The van der Waals surface area contributed by atoms with Crippen LogP contribution in [0.3, 0.4) is 0 Å². The van der Waals surface area contributed by atoms with Gasteiger partial charge in [-0.05, 0) is 18.6 Å². The van der Waals surface area contributed by atoms with Gasteiger partial charge in [0, 0.05) is 25.3 Å². The van der Waals surface area contributed by atoms with Gasteiger partial charge in [0.15, 0.2) is 5.69 Å². The monoisotopic (exact) mass is 285 g/mol. The number of hydrogen-bond donors (Lipinski definition) is 2. The zero-order valence-electron chi connectivity index (χ0n) is 11.3. The number of pyridine rings is 1. The second kappa shape index (κ2) is 5.74. The van der Waals surface area contributed by atoms with E-state index in [1.54, 1.807) is 6.20 Å². The van der Waals surface area contributed by atoms with Crippen LogP contribution in [-0.2, 0) is 0 Å². The first-order valence-corrected chi connectivity index (χ1v) is 6.70. The van der Waals surface area contributed by atoms with Crippen molar-refractivity contribution >= 4 is 17.6 Å². The molecular weight excluding hydrogens is 270 g/mol. The van der Waals surface area contributed by atoms with Crippen molar-refractivity contribution in [3.63, 3.8) is 0 Å². The first-order chi connectivity index (χ1) is 10.2. The van der Waals surface area contributed by atoms with Gasteiger partial charge >= 0.3 is 5.97 Å². The van der Waals surface area contributed by atoms with Gasteiger partial charge in [0.05, 0.1) is 12.4 Å². The summed E-state index contributed by atoms with van der Waals surface area (Å²) in [5.74, 6) is 0.484. The highest BCUT2D eigenvalue weighted by molar-refractivity contribution is 5.84. The van der Waals surface area contributed by atoms with Gasteiger partial charge in [-0.25, -0.2) is 19.7 Å². The van der Waals surface area contributed by atoms with E-state index in [2.05, 4.69) is 25.2 Å². The van der Waals surface area contributed by atoms with Crippen molar-refractivity contribution < 1.29 is 9.90 Å². The molecule has 0 aliphatic carbocycles. The van der Waals surface area contributed by atoms with E-state index in [4.69, 9.17) is 5.11 Å². The third-order valence-corrected chi connectivity index (χ3v) is 3.38. The lowest BCUT2D eigenvalue weighted by atomic mass is 10.2. The smallest absolute Gasteiger partial charge is 0.356 e. The summed E-state index contributed by atoms with van der Waals surface area (Å²) in [6.07, 6.45) is 5.47. The molecule has 1 aliphatic rings. The molecule has 0 aromatic carbocycles. The molecule has 0 saturated carbocycles. The number of carboxylic acids is 1. The number of hydrogen-bond acceptors (Lipinski definition) is 6. The molecule has 2 N–H and O–H groups in total. The highest BCUT2D eigenvalue weighted by atomic mass is 16.4. The number of aromatic nitrogens is 3. The maximum Gasteiger partial charge on any atom is 0.356 e. The Labute approximate surface area is 121 Å². The molecule has 0 amide bonds. The van der Waals surface area contributed by atoms with Crippen molar-refractivity contribution in [2.24, 2.45) is 0 Å². The van der Waals surface area contributed by atoms with Gasteiger partial charge in [-0.15, -0.1) is 0 Å². The van der Waals surface area contributed by atoms with E-state index in [1.807, 2.05) is 18.2 Å². The maximum absolute atomic E-state index is 10.7. The van der Waals surface area contributed by atoms with Crippen molar-refractivity contribution in [2.45, 2.75) is 12.5 Å². The molecule has 3 heterocycles. The van der Waals surface area contributed by atoms with E-state index in [-0.39, 0.29) is 11.7 Å². The zero-order valence-corrected chi connectivity index (χ0v) is 11.3. The minimum absolute atomic E-state index is 0.0536. The molecule has 7 heteroatoms. The molecule has 1 saturated heterocycles. The van der Waals surface area contributed by atoms with E-state index in [9.17, 15) is 4.79 Å². The van der Waals surface area contributed by atoms with Crippen molar-refractivity contribution in [2.75, 3.05) is 23.3 Å². The molecule has 0 radical (unpaired) electrons. The topological polar surface area (TPSA) is 91.2 Å². The molecule has 1 aliphatic heterocycles. The standard InChI is InChI=1S/C14H15N5O2/c20-14(21)11-7-17-12(8-16-11)18-10-4-6-19(9-10)13-3-1-2-5-15-13/h1-3,5,7-8,10H,4,6,9H2,(H,17,18)(H,20,21). The molecular formula is C14H15N5O2. The summed E-state index contributed by atoms with van der Waals surface area (Å²) in [6, 6.07) is 6.11. The maximum atomic E-state index is 10.7. The average Bonchev–Trinajstić information content (AvgIpc) is 2.97. The Morgan fingerprint density at radius 3 is 2.86 bits per heavy atom. The predicted octanol–water partition coefficient (Wildman–Crippen LogP) is 1.26. The third-order valence-electron chi connectivity index (χ3n) is 3.38. The van der Waals surface area contributed by atoms with E-state index >= 15 is 0 Å². The second-order valence-electron chi connectivity index (χ2n) is 4.86. The molecule has 0 spiro atoms. The van der Waals surface area contributed by atoms with E-state index in [1.165, 1.54) is 12.4 Å². The van der Waals surface area contributed by atoms with E-state index < -0.39 is 5.97 Å². The first-order valence-electron chi connectivity index (χ1n) is 6.70. The van der Waals surface area contributed by atoms with Crippen molar-refractivity contribution in [3.05, 3.63) is 42.5 Å². The summed E-state index contributed by atoms with van der Waals surface area (Å²) in [7, 11) is 0. The van der Waals surface area contributed by atoms with Gasteiger partial charge in [-0.2, -0.15) is 0 Å². The third kappa shape index (κ3) is 3.07. The summed E-state index contributed by atoms with van der Waals surface area (Å²) in [4.78, 5) is 25.2. The van der Waals surface area contributed by atoms with Crippen LogP contribution >= 0.6 is 0 Å². The average molecular weight is 285 g/mol. The predicted molar refractivity (Wildman–Crippen MR) is 77.5 cm³/mol. The van der Waals surface area contributed by atoms with E-state index in [0.29, 0.717) is 5.82 Å². The van der Waals surface area contributed by atoms with Crippen molar-refractivity contribution in [3.8, 4) is 0 Å². The Bertz CT molecular complexity index is 617. The lowest BCUT2D eigenvalue weighted by Gasteiger charge is -2.17. The minimum Gasteiger partial charge on any atom is -0.476 e. The largest absolute Gasteiger partial charge is 0.476 e. The molecule has 1 fully saturated rings. The highest BCUT2D eigenvalue weighted by Crippen LogP contribution is 2.19. The Balaban J connectivity index is 1.61. The molecule has 7 nitrogen and oxygen atoms in total. The number of carbonyl (C=O) groups is 1. The minimum atomic E-state index is -1.07. The summed E-state index contributed by atoms with van der Waals surface area (Å²) >= 11 is 0. The molecule has 1 atom stereocenters. The van der Waals surface area contributed by atoms with Crippen LogP contribution in [0.15, 0.2) is 36.8 Å². The first kappa shape index (κ1) is 13.3. The summed E-state index contributed by atoms with van der Waals surface area (Å²) in [5, 5.41) is 12.1. The van der Waals surface area contributed by atoms with Crippen molar-refractivity contribution in [1.82, 2.24) is 15.0 Å². The number of nitrogens with zero attached hydrogens (tertiary/aromatic N) is 4. The summed E-state index contributed by atoms with van der Waals surface area (Å²) < 4.78 is 0. The van der Waals surface area contributed by atoms with Gasteiger partial charge < -0.3 is 15.3 Å². The van der Waals surface area contributed by atoms with Gasteiger partial charge in [0.1, 0.15) is 11.6 Å². The molecule has 2 aromatic heterocycles. The Kier molecular flexibility index (Phi) is 3.63.